The Morgan fingerprint density at radius 2 is 0.750 bits per heavy atom. The van der Waals surface area contributed by atoms with E-state index in [2.05, 4.69) is 27.7 Å². The van der Waals surface area contributed by atoms with Crippen molar-refractivity contribution >= 4 is 17.9 Å². The van der Waals surface area contributed by atoms with E-state index in [1.165, 1.54) is 96.3 Å². The summed E-state index contributed by atoms with van der Waals surface area (Å²) in [4.78, 5) is 37.2. The first-order valence-electron chi connectivity index (χ1n) is 18.9. The van der Waals surface area contributed by atoms with Crippen LogP contribution in [0.3, 0.4) is 0 Å². The summed E-state index contributed by atoms with van der Waals surface area (Å²) in [5, 5.41) is 0. The number of carbonyl (C=O) groups is 3. The maximum absolute atomic E-state index is 12.6. The molecule has 1 atom stereocenters. The standard InChI is InChI=1S/C38H72O6/c1-5-7-9-11-13-14-15-17-23-27-31-38(41)44-35(32-42-36(39)29-25-21-16-12-10-8-6-2)33-43-37(40)30-26-22-19-18-20-24-28-34(3)4/h34-35H,5-33H2,1-4H3/t35-/m0/s1. The van der Waals surface area contributed by atoms with E-state index in [1.54, 1.807) is 0 Å². The molecule has 0 saturated heterocycles. The molecule has 0 unspecified atom stereocenters. The summed E-state index contributed by atoms with van der Waals surface area (Å²) in [5.74, 6) is -0.114. The van der Waals surface area contributed by atoms with Crippen LogP contribution in [0.15, 0.2) is 0 Å². The summed E-state index contributed by atoms with van der Waals surface area (Å²) < 4.78 is 16.5. The predicted octanol–water partition coefficient (Wildman–Crippen LogP) is 11.2. The van der Waals surface area contributed by atoms with Crippen LogP contribution in [0.4, 0.5) is 0 Å². The van der Waals surface area contributed by atoms with Gasteiger partial charge in [-0.05, 0) is 25.2 Å². The van der Waals surface area contributed by atoms with Gasteiger partial charge in [-0.1, -0.05) is 163 Å². The number of rotatable bonds is 33. The van der Waals surface area contributed by atoms with Gasteiger partial charge in [0.1, 0.15) is 13.2 Å². The first kappa shape index (κ1) is 42.4. The molecule has 0 aliphatic rings. The van der Waals surface area contributed by atoms with E-state index in [4.69, 9.17) is 14.2 Å². The zero-order valence-corrected chi connectivity index (χ0v) is 29.6. The maximum atomic E-state index is 12.6. The van der Waals surface area contributed by atoms with Crippen molar-refractivity contribution in [2.24, 2.45) is 5.92 Å². The van der Waals surface area contributed by atoms with Gasteiger partial charge in [-0.25, -0.2) is 0 Å². The maximum Gasteiger partial charge on any atom is 0.306 e. The molecule has 6 heteroatoms. The van der Waals surface area contributed by atoms with Crippen LogP contribution in [-0.2, 0) is 28.6 Å². The summed E-state index contributed by atoms with van der Waals surface area (Å²) in [5.41, 5.74) is 0. The van der Waals surface area contributed by atoms with Crippen LogP contribution < -0.4 is 0 Å². The highest BCUT2D eigenvalue weighted by Gasteiger charge is 2.19. The Morgan fingerprint density at radius 3 is 1.11 bits per heavy atom. The Hall–Kier alpha value is -1.59. The molecule has 44 heavy (non-hydrogen) atoms. The molecule has 0 amide bonds. The van der Waals surface area contributed by atoms with Crippen LogP contribution in [-0.4, -0.2) is 37.2 Å². The van der Waals surface area contributed by atoms with Gasteiger partial charge in [-0.3, -0.25) is 14.4 Å². The number of unbranched alkanes of at least 4 members (excludes halogenated alkanes) is 20. The SMILES string of the molecule is CCCCCCCCCCCCC(=O)O[C@@H](COC(=O)CCCCCCCCC)COC(=O)CCCCCCCCC(C)C. The molecule has 0 fully saturated rings. The van der Waals surface area contributed by atoms with Crippen LogP contribution >= 0.6 is 0 Å². The summed E-state index contributed by atoms with van der Waals surface area (Å²) in [7, 11) is 0. The lowest BCUT2D eigenvalue weighted by Crippen LogP contribution is -2.30. The molecular formula is C38H72O6. The zero-order valence-electron chi connectivity index (χ0n) is 29.6. The quantitative estimate of drug-likeness (QED) is 0.0410. The van der Waals surface area contributed by atoms with Crippen molar-refractivity contribution in [3.63, 3.8) is 0 Å². The van der Waals surface area contributed by atoms with Crippen molar-refractivity contribution in [3.05, 3.63) is 0 Å². The van der Waals surface area contributed by atoms with E-state index in [0.717, 1.165) is 63.7 Å². The molecule has 0 saturated carbocycles. The molecule has 0 spiro atoms. The van der Waals surface area contributed by atoms with Gasteiger partial charge >= 0.3 is 17.9 Å². The molecule has 0 heterocycles. The lowest BCUT2D eigenvalue weighted by molar-refractivity contribution is -0.167. The van der Waals surface area contributed by atoms with Crippen molar-refractivity contribution in [3.8, 4) is 0 Å². The van der Waals surface area contributed by atoms with Crippen LogP contribution in [0.1, 0.15) is 201 Å². The summed E-state index contributed by atoms with van der Waals surface area (Å²) >= 11 is 0. The van der Waals surface area contributed by atoms with Crippen LogP contribution in [0.5, 0.6) is 0 Å². The van der Waals surface area contributed by atoms with Crippen LogP contribution in [0.25, 0.3) is 0 Å². The van der Waals surface area contributed by atoms with E-state index >= 15 is 0 Å². The smallest absolute Gasteiger partial charge is 0.306 e. The van der Waals surface area contributed by atoms with Gasteiger partial charge in [0.25, 0.3) is 0 Å². The molecule has 260 valence electrons. The van der Waals surface area contributed by atoms with E-state index in [-0.39, 0.29) is 31.1 Å². The largest absolute Gasteiger partial charge is 0.462 e. The second-order valence-electron chi connectivity index (χ2n) is 13.3. The third-order valence-corrected chi connectivity index (χ3v) is 8.29. The fraction of sp³-hybridized carbons (Fsp3) is 0.921. The van der Waals surface area contributed by atoms with E-state index in [0.29, 0.717) is 19.3 Å². The van der Waals surface area contributed by atoms with Gasteiger partial charge < -0.3 is 14.2 Å². The second kappa shape index (κ2) is 32.8. The lowest BCUT2D eigenvalue weighted by Gasteiger charge is -2.18. The molecule has 0 aliphatic heterocycles. The lowest BCUT2D eigenvalue weighted by atomic mass is 10.0. The minimum Gasteiger partial charge on any atom is -0.462 e. The topological polar surface area (TPSA) is 78.9 Å². The number of hydrogen-bond acceptors (Lipinski definition) is 6. The molecule has 0 aliphatic carbocycles. The molecule has 0 N–H and O–H groups in total. The number of esters is 3. The number of hydrogen-bond donors (Lipinski definition) is 0. The average molecular weight is 625 g/mol. The monoisotopic (exact) mass is 625 g/mol. The van der Waals surface area contributed by atoms with Gasteiger partial charge in [0.05, 0.1) is 0 Å². The first-order chi connectivity index (χ1) is 21.4. The number of ether oxygens (including phenoxy) is 3. The van der Waals surface area contributed by atoms with Gasteiger partial charge in [-0.2, -0.15) is 0 Å². The second-order valence-corrected chi connectivity index (χ2v) is 13.3. The molecule has 0 aromatic heterocycles. The van der Waals surface area contributed by atoms with Crippen molar-refractivity contribution in [2.45, 2.75) is 207 Å². The van der Waals surface area contributed by atoms with Gasteiger partial charge in [0.15, 0.2) is 6.10 Å². The fourth-order valence-electron chi connectivity index (χ4n) is 5.39. The minimum absolute atomic E-state index is 0.0667. The van der Waals surface area contributed by atoms with E-state index < -0.39 is 6.10 Å². The Labute approximate surface area is 272 Å². The Bertz CT molecular complexity index is 662. The Kier molecular flexibility index (Phi) is 31.6. The minimum atomic E-state index is -0.756. The summed E-state index contributed by atoms with van der Waals surface area (Å²) in [6.45, 7) is 8.83. The highest BCUT2D eigenvalue weighted by Crippen LogP contribution is 2.14. The van der Waals surface area contributed by atoms with Crippen molar-refractivity contribution in [1.82, 2.24) is 0 Å². The van der Waals surface area contributed by atoms with Crippen molar-refractivity contribution < 1.29 is 28.6 Å². The molecule has 0 radical (unpaired) electrons. The van der Waals surface area contributed by atoms with Gasteiger partial charge in [0.2, 0.25) is 0 Å². The highest BCUT2D eigenvalue weighted by molar-refractivity contribution is 5.71. The molecule has 0 bridgehead atoms. The zero-order chi connectivity index (χ0) is 32.5. The molecule has 0 rings (SSSR count). The fourth-order valence-corrected chi connectivity index (χ4v) is 5.39. The van der Waals surface area contributed by atoms with E-state index in [1.807, 2.05) is 0 Å². The molecule has 0 aromatic carbocycles. The molecule has 0 aromatic rings. The van der Waals surface area contributed by atoms with Gasteiger partial charge in [0, 0.05) is 19.3 Å². The Morgan fingerprint density at radius 1 is 0.432 bits per heavy atom. The first-order valence-corrected chi connectivity index (χ1v) is 18.9. The highest BCUT2D eigenvalue weighted by atomic mass is 16.6. The molecular weight excluding hydrogens is 552 g/mol. The normalized spacial score (nSPS) is 11.9. The third kappa shape index (κ3) is 31.8. The summed E-state index contributed by atoms with van der Waals surface area (Å²) in [6, 6.07) is 0. The average Bonchev–Trinajstić information content (AvgIpc) is 3.00. The third-order valence-electron chi connectivity index (χ3n) is 8.29. The Balaban J connectivity index is 4.35. The summed E-state index contributed by atoms with van der Waals surface area (Å²) in [6.07, 6.45) is 28.2. The van der Waals surface area contributed by atoms with Crippen molar-refractivity contribution in [1.29, 1.82) is 0 Å². The van der Waals surface area contributed by atoms with Crippen LogP contribution in [0, 0.1) is 5.92 Å². The van der Waals surface area contributed by atoms with Crippen LogP contribution in [0.2, 0.25) is 0 Å². The van der Waals surface area contributed by atoms with Gasteiger partial charge in [-0.15, -0.1) is 0 Å². The molecule has 6 nitrogen and oxygen atoms in total. The van der Waals surface area contributed by atoms with Crippen molar-refractivity contribution in [2.75, 3.05) is 13.2 Å². The predicted molar refractivity (Wildman–Crippen MR) is 183 cm³/mol. The number of carbonyl (C=O) groups excluding carboxylic acids is 3. The van der Waals surface area contributed by atoms with E-state index in [9.17, 15) is 14.4 Å².